The van der Waals surface area contributed by atoms with Crippen LogP contribution in [0.5, 0.6) is 0 Å². The number of halogens is 1. The zero-order valence-electron chi connectivity index (χ0n) is 14.8. The zero-order valence-corrected chi connectivity index (χ0v) is 15.6. The van der Waals surface area contributed by atoms with Crippen molar-refractivity contribution < 1.29 is 23.9 Å². The smallest absolute Gasteiger partial charge is 0.326 e. The highest BCUT2D eigenvalue weighted by Crippen LogP contribution is 2.37. The summed E-state index contributed by atoms with van der Waals surface area (Å²) in [5, 5.41) is 2.92. The lowest BCUT2D eigenvalue weighted by Crippen LogP contribution is -2.39. The topological polar surface area (TPSA) is 106 Å². The average molecular weight is 394 g/mol. The van der Waals surface area contributed by atoms with Crippen LogP contribution in [-0.2, 0) is 23.9 Å². The van der Waals surface area contributed by atoms with Gasteiger partial charge in [0.05, 0.1) is 16.9 Å². The first-order valence-corrected chi connectivity index (χ1v) is 9.21. The second kappa shape index (κ2) is 8.04. The number of nitrogens with one attached hydrogen (secondary N) is 1. The highest BCUT2D eigenvalue weighted by atomic mass is 35.5. The fourth-order valence-corrected chi connectivity index (χ4v) is 3.59. The van der Waals surface area contributed by atoms with E-state index in [1.165, 1.54) is 19.2 Å². The van der Waals surface area contributed by atoms with Crippen molar-refractivity contribution in [1.82, 2.24) is 9.88 Å². The van der Waals surface area contributed by atoms with Crippen LogP contribution in [0.25, 0.3) is 0 Å². The van der Waals surface area contributed by atoms with Crippen molar-refractivity contribution in [3.05, 3.63) is 23.4 Å². The maximum atomic E-state index is 12.4. The van der Waals surface area contributed by atoms with Gasteiger partial charge < -0.3 is 10.1 Å². The second-order valence-corrected chi connectivity index (χ2v) is 7.18. The molecule has 0 aromatic carbocycles. The summed E-state index contributed by atoms with van der Waals surface area (Å²) < 4.78 is 5.07. The normalized spacial score (nSPS) is 23.0. The fraction of sp³-hybridized carbons (Fsp3) is 0.500. The van der Waals surface area contributed by atoms with Gasteiger partial charge in [-0.05, 0) is 31.9 Å². The Balaban J connectivity index is 1.53. The molecule has 1 saturated carbocycles. The van der Waals surface area contributed by atoms with Crippen molar-refractivity contribution in [3.8, 4) is 0 Å². The molecule has 27 heavy (non-hydrogen) atoms. The molecule has 0 unspecified atom stereocenters. The molecule has 2 heterocycles. The lowest BCUT2D eigenvalue weighted by atomic mass is 9.81. The van der Waals surface area contributed by atoms with E-state index in [0.717, 1.165) is 17.7 Å². The van der Waals surface area contributed by atoms with Crippen molar-refractivity contribution >= 4 is 41.1 Å². The quantitative estimate of drug-likeness (QED) is 0.603. The number of carbonyl (C=O) groups is 4. The number of anilines is 1. The van der Waals surface area contributed by atoms with Crippen LogP contribution in [0.3, 0.4) is 0 Å². The van der Waals surface area contributed by atoms with Gasteiger partial charge in [-0.1, -0.05) is 24.4 Å². The maximum Gasteiger partial charge on any atom is 0.326 e. The number of likely N-dealkylation sites (tertiary alicyclic amines) is 1. The van der Waals surface area contributed by atoms with Crippen LogP contribution in [0.1, 0.15) is 32.6 Å². The summed E-state index contributed by atoms with van der Waals surface area (Å²) in [6, 6.07) is 3.07. The molecule has 3 rings (SSSR count). The molecule has 9 heteroatoms. The molecule has 0 radical (unpaired) electrons. The first-order valence-electron chi connectivity index (χ1n) is 8.84. The van der Waals surface area contributed by atoms with Gasteiger partial charge in [-0.15, -0.1) is 0 Å². The van der Waals surface area contributed by atoms with E-state index in [9.17, 15) is 19.2 Å². The molecule has 2 aliphatic rings. The van der Waals surface area contributed by atoms with Crippen LogP contribution in [0.4, 0.5) is 5.82 Å². The largest absolute Gasteiger partial charge is 0.451 e. The summed E-state index contributed by atoms with van der Waals surface area (Å²) in [5.74, 6) is -2.39. The van der Waals surface area contributed by atoms with Gasteiger partial charge in [-0.25, -0.2) is 4.98 Å². The lowest BCUT2D eigenvalue weighted by Gasteiger charge is -2.19. The first-order chi connectivity index (χ1) is 12.9. The summed E-state index contributed by atoms with van der Waals surface area (Å²) in [6.45, 7) is 0.929. The van der Waals surface area contributed by atoms with Crippen LogP contribution in [-0.4, -0.2) is 46.2 Å². The lowest BCUT2D eigenvalue weighted by molar-refractivity contribution is -0.158. The second-order valence-electron chi connectivity index (χ2n) is 6.74. The molecular formula is C18H20ClN3O5. The van der Waals surface area contributed by atoms with Gasteiger partial charge in [0, 0.05) is 6.20 Å². The molecule has 3 amide bonds. The molecule has 3 atom stereocenters. The van der Waals surface area contributed by atoms with Crippen molar-refractivity contribution in [1.29, 1.82) is 0 Å². The van der Waals surface area contributed by atoms with Crippen LogP contribution in [0.2, 0.25) is 5.02 Å². The van der Waals surface area contributed by atoms with Crippen LogP contribution in [0, 0.1) is 11.8 Å². The Morgan fingerprint density at radius 3 is 2.44 bits per heavy atom. The molecule has 1 saturated heterocycles. The first kappa shape index (κ1) is 19.3. The number of hydrogen-bond acceptors (Lipinski definition) is 6. The minimum absolute atomic E-state index is 0.265. The summed E-state index contributed by atoms with van der Waals surface area (Å²) in [4.78, 5) is 53.9. The molecule has 144 valence electrons. The predicted molar refractivity (Wildman–Crippen MR) is 95.6 cm³/mol. The standard InChI is InChI=1S/C18H20ClN3O5/c1-10(16(24)21-14-7-6-11(19)8-20-14)27-15(23)9-22-17(25)12-4-2-3-5-13(12)18(22)26/h6-8,10,12-13H,2-5,9H2,1H3,(H,20,21,24)/t10-,12-,13-/m0/s1. The fourth-order valence-electron chi connectivity index (χ4n) is 3.48. The van der Waals surface area contributed by atoms with Gasteiger partial charge in [-0.3, -0.25) is 24.1 Å². The molecule has 1 aromatic rings. The van der Waals surface area contributed by atoms with Gasteiger partial charge in [0.1, 0.15) is 12.4 Å². The number of pyridine rings is 1. The Morgan fingerprint density at radius 1 is 1.26 bits per heavy atom. The number of aromatic nitrogens is 1. The van der Waals surface area contributed by atoms with E-state index in [0.29, 0.717) is 17.9 Å². The monoisotopic (exact) mass is 393 g/mol. The Hall–Kier alpha value is -2.48. The molecule has 0 bridgehead atoms. The van der Waals surface area contributed by atoms with E-state index in [1.54, 1.807) is 6.07 Å². The summed E-state index contributed by atoms with van der Waals surface area (Å²) in [7, 11) is 0. The van der Waals surface area contributed by atoms with Crippen molar-refractivity contribution in [2.45, 2.75) is 38.7 Å². The van der Waals surface area contributed by atoms with Crippen LogP contribution < -0.4 is 5.32 Å². The third kappa shape index (κ3) is 4.27. The highest BCUT2D eigenvalue weighted by Gasteiger charge is 2.48. The number of carbonyl (C=O) groups excluding carboxylic acids is 4. The number of rotatable bonds is 5. The molecule has 1 aliphatic carbocycles. The molecule has 0 spiro atoms. The Bertz CT molecular complexity index is 743. The Morgan fingerprint density at radius 2 is 1.89 bits per heavy atom. The van der Waals surface area contributed by atoms with E-state index in [4.69, 9.17) is 16.3 Å². The molecule has 1 aliphatic heterocycles. The number of amides is 3. The minimum Gasteiger partial charge on any atom is -0.451 e. The molecule has 1 N–H and O–H groups in total. The summed E-state index contributed by atoms with van der Waals surface area (Å²) in [6.07, 6.45) is 3.44. The summed E-state index contributed by atoms with van der Waals surface area (Å²) in [5.41, 5.74) is 0. The maximum absolute atomic E-state index is 12.4. The third-order valence-corrected chi connectivity index (χ3v) is 5.10. The molecule has 1 aromatic heterocycles. The predicted octanol–water partition coefficient (Wildman–Crippen LogP) is 1.78. The van der Waals surface area contributed by atoms with Gasteiger partial charge in [0.15, 0.2) is 6.10 Å². The van der Waals surface area contributed by atoms with E-state index in [1.807, 2.05) is 0 Å². The van der Waals surface area contributed by atoms with Crippen molar-refractivity contribution in [2.75, 3.05) is 11.9 Å². The summed E-state index contributed by atoms with van der Waals surface area (Å²) >= 11 is 5.73. The number of imide groups is 1. The van der Waals surface area contributed by atoms with Gasteiger partial charge in [0.25, 0.3) is 5.91 Å². The molecule has 2 fully saturated rings. The Kier molecular flexibility index (Phi) is 5.74. The number of nitrogens with zero attached hydrogens (tertiary/aromatic N) is 2. The van der Waals surface area contributed by atoms with Crippen LogP contribution in [0.15, 0.2) is 18.3 Å². The van der Waals surface area contributed by atoms with Crippen molar-refractivity contribution in [2.24, 2.45) is 11.8 Å². The van der Waals surface area contributed by atoms with Crippen LogP contribution >= 0.6 is 11.6 Å². The van der Waals surface area contributed by atoms with Crippen molar-refractivity contribution in [3.63, 3.8) is 0 Å². The number of ether oxygens (including phenoxy) is 1. The SMILES string of the molecule is C[C@H](OC(=O)CN1C(=O)[C@H]2CCCC[C@@H]2C1=O)C(=O)Nc1ccc(Cl)cn1. The van der Waals surface area contributed by atoms with Gasteiger partial charge in [0.2, 0.25) is 11.8 Å². The Labute approximate surface area is 161 Å². The molecular weight excluding hydrogens is 374 g/mol. The van der Waals surface area contributed by atoms with E-state index >= 15 is 0 Å². The van der Waals surface area contributed by atoms with E-state index in [2.05, 4.69) is 10.3 Å². The number of esters is 1. The van der Waals surface area contributed by atoms with Gasteiger partial charge >= 0.3 is 5.97 Å². The van der Waals surface area contributed by atoms with Gasteiger partial charge in [-0.2, -0.15) is 0 Å². The number of hydrogen-bond donors (Lipinski definition) is 1. The number of fused-ring (bicyclic) bond motifs is 1. The zero-order chi connectivity index (χ0) is 19.6. The van der Waals surface area contributed by atoms with E-state index in [-0.39, 0.29) is 29.5 Å². The average Bonchev–Trinajstić information content (AvgIpc) is 2.89. The highest BCUT2D eigenvalue weighted by molar-refractivity contribution is 6.30. The minimum atomic E-state index is -1.11. The van der Waals surface area contributed by atoms with E-state index < -0.39 is 24.5 Å². The molecule has 8 nitrogen and oxygen atoms in total. The third-order valence-electron chi connectivity index (χ3n) is 4.88.